The van der Waals surface area contributed by atoms with Gasteiger partial charge in [0.2, 0.25) is 0 Å². The second kappa shape index (κ2) is 7.15. The van der Waals surface area contributed by atoms with Gasteiger partial charge in [0, 0.05) is 6.20 Å². The second-order valence-electron chi connectivity index (χ2n) is 5.11. The summed E-state index contributed by atoms with van der Waals surface area (Å²) < 4.78 is 6.12. The third-order valence-electron chi connectivity index (χ3n) is 3.51. The van der Waals surface area contributed by atoms with E-state index in [0.717, 1.165) is 16.7 Å². The lowest BCUT2D eigenvalue weighted by atomic mass is 10.0. The highest BCUT2D eigenvalue weighted by Gasteiger charge is 2.12. The molecule has 24 heavy (non-hydrogen) atoms. The highest BCUT2D eigenvalue weighted by atomic mass is 35.5. The number of hydrogen-bond acceptors (Lipinski definition) is 3. The van der Waals surface area contributed by atoms with E-state index in [4.69, 9.17) is 16.3 Å². The van der Waals surface area contributed by atoms with E-state index in [2.05, 4.69) is 17.2 Å². The summed E-state index contributed by atoms with van der Waals surface area (Å²) in [6.45, 7) is 0. The first-order valence-electron chi connectivity index (χ1n) is 7.33. The summed E-state index contributed by atoms with van der Waals surface area (Å²) in [7, 11) is 1.32. The van der Waals surface area contributed by atoms with Crippen LogP contribution in [0.25, 0.3) is 11.1 Å². The van der Waals surface area contributed by atoms with Crippen LogP contribution in [-0.4, -0.2) is 24.0 Å². The summed E-state index contributed by atoms with van der Waals surface area (Å²) >= 11 is 5.93. The van der Waals surface area contributed by atoms with Crippen LogP contribution in [0.3, 0.4) is 0 Å². The van der Waals surface area contributed by atoms with Gasteiger partial charge >= 0.3 is 5.97 Å². The van der Waals surface area contributed by atoms with Crippen LogP contribution in [0.15, 0.2) is 72.0 Å². The van der Waals surface area contributed by atoms with Gasteiger partial charge in [-0.25, -0.2) is 9.47 Å². The van der Waals surface area contributed by atoms with Crippen molar-refractivity contribution in [3.8, 4) is 11.1 Å². The van der Waals surface area contributed by atoms with Crippen LogP contribution < -0.4 is 0 Å². The van der Waals surface area contributed by atoms with Gasteiger partial charge in [-0.05, 0) is 22.8 Å². The van der Waals surface area contributed by atoms with Crippen LogP contribution in [0.1, 0.15) is 16.1 Å². The zero-order valence-corrected chi connectivity index (χ0v) is 13.8. The van der Waals surface area contributed by atoms with E-state index in [-0.39, 0.29) is 5.69 Å². The molecule has 0 fully saturated rings. The molecule has 0 saturated heterocycles. The van der Waals surface area contributed by atoms with Crippen LogP contribution >= 0.6 is 11.6 Å². The smallest absolute Gasteiger partial charge is 0.356 e. The Bertz CT molecular complexity index is 868. The molecule has 0 radical (unpaired) electrons. The van der Waals surface area contributed by atoms with Crippen molar-refractivity contribution < 1.29 is 9.53 Å². The first-order valence-corrected chi connectivity index (χ1v) is 7.71. The number of rotatable bonds is 4. The van der Waals surface area contributed by atoms with Gasteiger partial charge in [0.15, 0.2) is 5.69 Å². The Balaban J connectivity index is 1.82. The summed E-state index contributed by atoms with van der Waals surface area (Å²) in [5.41, 5.74) is 3.48. The molecule has 0 N–H and O–H groups in total. The molecule has 120 valence electrons. The van der Waals surface area contributed by atoms with E-state index >= 15 is 0 Å². The number of esters is 1. The van der Waals surface area contributed by atoms with E-state index in [1.165, 1.54) is 17.9 Å². The van der Waals surface area contributed by atoms with Crippen molar-refractivity contribution in [3.05, 3.63) is 83.1 Å². The molecule has 3 rings (SSSR count). The summed E-state index contributed by atoms with van der Waals surface area (Å²) in [4.78, 5) is 11.7. The molecule has 2 aromatic carbocycles. The Kier molecular flexibility index (Phi) is 4.77. The fourth-order valence-corrected chi connectivity index (χ4v) is 2.49. The molecule has 5 heteroatoms. The maximum absolute atomic E-state index is 11.7. The standard InChI is InChI=1S/C19H15ClN2O2/c1-24-19(23)18-11-17(20)13-22(18)21-12-14-7-9-16(10-8-14)15-5-3-2-4-6-15/h2-13H,1H3/b21-12+. The zero-order chi connectivity index (χ0) is 16.9. The molecular weight excluding hydrogens is 324 g/mol. The lowest BCUT2D eigenvalue weighted by Gasteiger charge is -2.03. The largest absolute Gasteiger partial charge is 0.464 e. The minimum Gasteiger partial charge on any atom is -0.464 e. The number of ether oxygens (including phenoxy) is 1. The number of methoxy groups -OCH3 is 1. The average Bonchev–Trinajstić information content (AvgIpc) is 3.01. The molecule has 1 aromatic heterocycles. The maximum atomic E-state index is 11.7. The van der Waals surface area contributed by atoms with Crippen molar-refractivity contribution >= 4 is 23.8 Å². The van der Waals surface area contributed by atoms with E-state index in [1.54, 1.807) is 12.4 Å². The van der Waals surface area contributed by atoms with Crippen molar-refractivity contribution in [2.24, 2.45) is 5.10 Å². The van der Waals surface area contributed by atoms with Crippen LogP contribution in [0.4, 0.5) is 0 Å². The molecule has 0 spiro atoms. The van der Waals surface area contributed by atoms with Gasteiger partial charge in [0.1, 0.15) is 0 Å². The molecule has 0 aliphatic heterocycles. The minimum absolute atomic E-state index is 0.277. The van der Waals surface area contributed by atoms with Gasteiger partial charge in [0.05, 0.1) is 18.3 Å². The van der Waals surface area contributed by atoms with E-state index in [0.29, 0.717) is 5.02 Å². The van der Waals surface area contributed by atoms with Crippen molar-refractivity contribution in [2.45, 2.75) is 0 Å². The molecule has 0 aliphatic carbocycles. The zero-order valence-electron chi connectivity index (χ0n) is 13.0. The fourth-order valence-electron chi connectivity index (χ4n) is 2.29. The number of benzene rings is 2. The average molecular weight is 339 g/mol. The van der Waals surface area contributed by atoms with Gasteiger partial charge < -0.3 is 4.74 Å². The number of carbonyl (C=O) groups excluding carboxylic acids is 1. The lowest BCUT2D eigenvalue weighted by molar-refractivity contribution is 0.0589. The van der Waals surface area contributed by atoms with Gasteiger partial charge in [-0.15, -0.1) is 0 Å². The molecule has 0 aliphatic rings. The highest BCUT2D eigenvalue weighted by molar-refractivity contribution is 6.31. The molecule has 0 amide bonds. The van der Waals surface area contributed by atoms with Crippen LogP contribution in [0.5, 0.6) is 0 Å². The first-order chi connectivity index (χ1) is 11.7. The fraction of sp³-hybridized carbons (Fsp3) is 0.0526. The molecule has 0 atom stereocenters. The summed E-state index contributed by atoms with van der Waals surface area (Å²) in [5.74, 6) is -0.488. The van der Waals surface area contributed by atoms with Gasteiger partial charge in [-0.1, -0.05) is 66.2 Å². The monoisotopic (exact) mass is 338 g/mol. The number of nitrogens with zero attached hydrogens (tertiary/aromatic N) is 2. The van der Waals surface area contributed by atoms with Crippen LogP contribution in [-0.2, 0) is 4.74 Å². The topological polar surface area (TPSA) is 43.6 Å². The molecule has 4 nitrogen and oxygen atoms in total. The van der Waals surface area contributed by atoms with Crippen LogP contribution in [0.2, 0.25) is 5.02 Å². The highest BCUT2D eigenvalue weighted by Crippen LogP contribution is 2.19. The van der Waals surface area contributed by atoms with E-state index in [1.807, 2.05) is 42.5 Å². The molecular formula is C19H15ClN2O2. The summed E-state index contributed by atoms with van der Waals surface area (Å²) in [6.07, 6.45) is 3.22. The predicted molar refractivity (Wildman–Crippen MR) is 95.7 cm³/mol. The van der Waals surface area contributed by atoms with Crippen molar-refractivity contribution in [3.63, 3.8) is 0 Å². The van der Waals surface area contributed by atoms with Crippen molar-refractivity contribution in [2.75, 3.05) is 7.11 Å². The normalized spacial score (nSPS) is 10.9. The Labute approximate surface area is 145 Å². The maximum Gasteiger partial charge on any atom is 0.356 e. The third-order valence-corrected chi connectivity index (χ3v) is 3.72. The Hall–Kier alpha value is -2.85. The first kappa shape index (κ1) is 16.0. The summed E-state index contributed by atoms with van der Waals surface area (Å²) in [5, 5.41) is 4.70. The Morgan fingerprint density at radius 1 is 1.08 bits per heavy atom. The van der Waals surface area contributed by atoms with E-state index < -0.39 is 5.97 Å². The Morgan fingerprint density at radius 2 is 1.75 bits per heavy atom. The Morgan fingerprint density at radius 3 is 2.42 bits per heavy atom. The number of carbonyl (C=O) groups is 1. The number of aromatic nitrogens is 1. The predicted octanol–water partition coefficient (Wildman–Crippen LogP) is 4.48. The lowest BCUT2D eigenvalue weighted by Crippen LogP contribution is -2.06. The summed E-state index contributed by atoms with van der Waals surface area (Å²) in [6, 6.07) is 19.6. The van der Waals surface area contributed by atoms with Crippen molar-refractivity contribution in [1.29, 1.82) is 0 Å². The molecule has 3 aromatic rings. The SMILES string of the molecule is COC(=O)c1cc(Cl)cn1/N=C/c1ccc(-c2ccccc2)cc1. The van der Waals surface area contributed by atoms with Gasteiger partial charge in [-0.3, -0.25) is 0 Å². The van der Waals surface area contributed by atoms with Gasteiger partial charge in [0.25, 0.3) is 0 Å². The van der Waals surface area contributed by atoms with Crippen molar-refractivity contribution in [1.82, 2.24) is 4.68 Å². The number of halogens is 1. The molecule has 0 saturated carbocycles. The van der Waals surface area contributed by atoms with Gasteiger partial charge in [-0.2, -0.15) is 5.10 Å². The minimum atomic E-state index is -0.488. The van der Waals surface area contributed by atoms with Crippen LogP contribution in [0, 0.1) is 0 Å². The number of hydrogen-bond donors (Lipinski definition) is 0. The molecule has 1 heterocycles. The molecule has 0 bridgehead atoms. The third kappa shape index (κ3) is 3.55. The second-order valence-corrected chi connectivity index (χ2v) is 5.55. The molecule has 0 unspecified atom stereocenters. The van der Waals surface area contributed by atoms with E-state index in [9.17, 15) is 4.79 Å². The quantitative estimate of drug-likeness (QED) is 0.520.